The largest absolute Gasteiger partial charge is 0.392 e. The number of anilines is 1. The Bertz CT molecular complexity index is 1110. The van der Waals surface area contributed by atoms with Crippen LogP contribution < -0.4 is 9.38 Å². The highest BCUT2D eigenvalue weighted by atomic mass is 32.2. The second-order valence-electron chi connectivity index (χ2n) is 11.5. The van der Waals surface area contributed by atoms with E-state index in [1.807, 2.05) is 37.2 Å². The molecule has 0 saturated heterocycles. The van der Waals surface area contributed by atoms with Crippen LogP contribution in [0.1, 0.15) is 69.4 Å². The number of hydrogen-bond donors (Lipinski definition) is 1. The molecule has 2 atom stereocenters. The van der Waals surface area contributed by atoms with E-state index < -0.39 is 27.3 Å². The summed E-state index contributed by atoms with van der Waals surface area (Å²) in [6, 6.07) is 14.0. The van der Waals surface area contributed by atoms with E-state index >= 15 is 0 Å². The first-order valence-corrected chi connectivity index (χ1v) is 14.7. The Labute approximate surface area is 213 Å². The first-order valence-electron chi connectivity index (χ1n) is 13.0. The molecule has 35 heavy (non-hydrogen) atoms. The van der Waals surface area contributed by atoms with E-state index in [4.69, 9.17) is 0 Å². The molecule has 0 unspecified atom stereocenters. The molecule has 0 radical (unpaired) electrons. The number of rotatable bonds is 9. The molecule has 0 spiro atoms. The van der Waals surface area contributed by atoms with Gasteiger partial charge in [0.2, 0.25) is 0 Å². The number of unbranched alkanes of at least 4 members (excludes halogenated alkanes) is 2. The lowest BCUT2D eigenvalue weighted by molar-refractivity contribution is 0.0127. The van der Waals surface area contributed by atoms with Crippen LogP contribution in [-0.4, -0.2) is 60.6 Å². The minimum absolute atomic E-state index is 0.000994. The van der Waals surface area contributed by atoms with Crippen molar-refractivity contribution in [3.63, 3.8) is 0 Å². The van der Waals surface area contributed by atoms with Gasteiger partial charge in [-0.1, -0.05) is 51.7 Å². The fourth-order valence-electron chi connectivity index (χ4n) is 5.53. The minimum Gasteiger partial charge on any atom is -0.392 e. The van der Waals surface area contributed by atoms with E-state index in [0.29, 0.717) is 22.2 Å². The van der Waals surface area contributed by atoms with E-state index in [1.165, 1.54) is 0 Å². The normalized spacial score (nSPS) is 21.3. The van der Waals surface area contributed by atoms with Crippen LogP contribution in [0.5, 0.6) is 0 Å². The molecule has 0 fully saturated rings. The standard InChI is InChI=1S/C29H45N2O3S/c1-8-10-17-29(18-11-9-2)21-35(33,34)26-16-15-23(30(3)4)20-25(26)27(28(29)32)22-13-12-14-24(19-22)31(5,6)7/h12-16,19-20,27-28,32H,8-11,17-18,21H2,1-7H3/q+1/t27-,28-/m0/s1. The second kappa shape index (κ2) is 10.6. The van der Waals surface area contributed by atoms with Gasteiger partial charge in [0.25, 0.3) is 0 Å². The van der Waals surface area contributed by atoms with E-state index in [2.05, 4.69) is 53.2 Å². The van der Waals surface area contributed by atoms with E-state index in [0.717, 1.165) is 48.2 Å². The molecule has 0 aromatic heterocycles. The van der Waals surface area contributed by atoms with Crippen LogP contribution in [0.25, 0.3) is 0 Å². The summed E-state index contributed by atoms with van der Waals surface area (Å²) in [7, 11) is 6.71. The molecule has 6 heteroatoms. The van der Waals surface area contributed by atoms with Crippen LogP contribution in [0.4, 0.5) is 11.4 Å². The van der Waals surface area contributed by atoms with Crippen molar-refractivity contribution in [1.82, 2.24) is 4.48 Å². The summed E-state index contributed by atoms with van der Waals surface area (Å²) in [5.41, 5.74) is 3.08. The SMILES string of the molecule is CCCCC1(CCCC)CS(=O)(=O)c2ccc(N(C)C)cc2[C@H](c2cccc([N+](C)(C)C)c2)[C@@H]1O. The maximum atomic E-state index is 13.9. The lowest BCUT2D eigenvalue weighted by Crippen LogP contribution is -2.43. The van der Waals surface area contributed by atoms with Gasteiger partial charge >= 0.3 is 0 Å². The molecule has 1 aliphatic heterocycles. The Balaban J connectivity index is 2.34. The zero-order chi connectivity index (χ0) is 26.0. The van der Waals surface area contributed by atoms with Gasteiger partial charge in [-0.05, 0) is 48.2 Å². The van der Waals surface area contributed by atoms with Crippen molar-refractivity contribution in [2.45, 2.75) is 69.3 Å². The third-order valence-corrected chi connectivity index (χ3v) is 9.66. The summed E-state index contributed by atoms with van der Waals surface area (Å²) >= 11 is 0. The van der Waals surface area contributed by atoms with E-state index in [9.17, 15) is 13.5 Å². The molecule has 0 bridgehead atoms. The molecular formula is C29H45N2O3S+. The Hall–Kier alpha value is -1.89. The monoisotopic (exact) mass is 501 g/mol. The van der Waals surface area contributed by atoms with Crippen LogP contribution in [0, 0.1) is 5.41 Å². The average molecular weight is 502 g/mol. The van der Waals surface area contributed by atoms with Gasteiger partial charge in [-0.3, -0.25) is 4.48 Å². The van der Waals surface area contributed by atoms with Crippen molar-refractivity contribution in [2.75, 3.05) is 45.9 Å². The molecule has 1 aliphatic rings. The van der Waals surface area contributed by atoms with Crippen molar-refractivity contribution in [3.8, 4) is 0 Å². The maximum absolute atomic E-state index is 13.9. The molecule has 2 aromatic carbocycles. The predicted molar refractivity (Wildman–Crippen MR) is 148 cm³/mol. The fourth-order valence-corrected chi connectivity index (χ4v) is 7.72. The summed E-state index contributed by atoms with van der Waals surface area (Å²) in [6.45, 7) is 4.26. The number of quaternary nitrogens is 1. The maximum Gasteiger partial charge on any atom is 0.179 e. The predicted octanol–water partition coefficient (Wildman–Crippen LogP) is 5.60. The van der Waals surface area contributed by atoms with Gasteiger partial charge in [0.1, 0.15) is 5.69 Å². The molecule has 5 nitrogen and oxygen atoms in total. The molecule has 0 aliphatic carbocycles. The second-order valence-corrected chi connectivity index (χ2v) is 13.4. The van der Waals surface area contributed by atoms with Crippen LogP contribution in [0.15, 0.2) is 47.4 Å². The number of aliphatic hydroxyl groups is 1. The summed E-state index contributed by atoms with van der Waals surface area (Å²) in [5.74, 6) is -0.413. The smallest absolute Gasteiger partial charge is 0.179 e. The summed E-state index contributed by atoms with van der Waals surface area (Å²) in [6.07, 6.45) is 4.38. The molecule has 1 N–H and O–H groups in total. The van der Waals surface area contributed by atoms with Gasteiger partial charge in [0, 0.05) is 37.2 Å². The Morgan fingerprint density at radius 3 is 2.17 bits per heavy atom. The first kappa shape index (κ1) is 27.7. The lowest BCUT2D eigenvalue weighted by atomic mass is 9.68. The highest BCUT2D eigenvalue weighted by Gasteiger charge is 2.49. The topological polar surface area (TPSA) is 57.6 Å². The number of fused-ring (bicyclic) bond motifs is 1. The van der Waals surface area contributed by atoms with Gasteiger partial charge in [-0.25, -0.2) is 8.42 Å². The van der Waals surface area contributed by atoms with Gasteiger partial charge in [-0.2, -0.15) is 0 Å². The molecule has 2 aromatic rings. The zero-order valence-electron chi connectivity index (χ0n) is 22.7. The zero-order valence-corrected chi connectivity index (χ0v) is 23.5. The molecule has 0 saturated carbocycles. The van der Waals surface area contributed by atoms with Crippen LogP contribution in [0.2, 0.25) is 0 Å². The van der Waals surface area contributed by atoms with E-state index in [1.54, 1.807) is 6.07 Å². The number of hydrogen-bond acceptors (Lipinski definition) is 4. The van der Waals surface area contributed by atoms with Crippen molar-refractivity contribution in [2.24, 2.45) is 5.41 Å². The van der Waals surface area contributed by atoms with Crippen LogP contribution in [-0.2, 0) is 9.84 Å². The van der Waals surface area contributed by atoms with Crippen molar-refractivity contribution < 1.29 is 13.5 Å². The summed E-state index contributed by atoms with van der Waals surface area (Å²) < 4.78 is 28.5. The Kier molecular flexibility index (Phi) is 8.40. The quantitative estimate of drug-likeness (QED) is 0.455. The highest BCUT2D eigenvalue weighted by Crippen LogP contribution is 2.50. The Morgan fingerprint density at radius 1 is 1.00 bits per heavy atom. The van der Waals surface area contributed by atoms with E-state index in [-0.39, 0.29) is 5.75 Å². The minimum atomic E-state index is -3.58. The molecule has 1 heterocycles. The van der Waals surface area contributed by atoms with Gasteiger partial charge in [0.05, 0.1) is 37.9 Å². The van der Waals surface area contributed by atoms with Crippen molar-refractivity contribution >= 4 is 21.2 Å². The first-order chi connectivity index (χ1) is 16.4. The van der Waals surface area contributed by atoms with Crippen molar-refractivity contribution in [3.05, 3.63) is 53.6 Å². The third kappa shape index (κ3) is 5.76. The van der Waals surface area contributed by atoms with Crippen LogP contribution in [0.3, 0.4) is 0 Å². The van der Waals surface area contributed by atoms with Gasteiger partial charge in [-0.15, -0.1) is 0 Å². The number of sulfone groups is 1. The lowest BCUT2D eigenvalue weighted by Gasteiger charge is -2.40. The van der Waals surface area contributed by atoms with Gasteiger partial charge in [0.15, 0.2) is 9.84 Å². The number of nitrogens with zero attached hydrogens (tertiary/aromatic N) is 2. The number of benzene rings is 2. The van der Waals surface area contributed by atoms with Crippen molar-refractivity contribution in [1.29, 1.82) is 0 Å². The highest BCUT2D eigenvalue weighted by molar-refractivity contribution is 7.91. The molecular weight excluding hydrogens is 456 g/mol. The molecule has 3 rings (SSSR count). The number of aliphatic hydroxyl groups excluding tert-OH is 1. The van der Waals surface area contributed by atoms with Gasteiger partial charge < -0.3 is 10.0 Å². The van der Waals surface area contributed by atoms with Crippen LogP contribution >= 0.6 is 0 Å². The molecule has 0 amide bonds. The fraction of sp³-hybridized carbons (Fsp3) is 0.586. The Morgan fingerprint density at radius 2 is 1.63 bits per heavy atom. The average Bonchev–Trinajstić information content (AvgIpc) is 2.86. The third-order valence-electron chi connectivity index (χ3n) is 7.66. The summed E-state index contributed by atoms with van der Waals surface area (Å²) in [5, 5.41) is 12.3. The summed E-state index contributed by atoms with van der Waals surface area (Å²) in [4.78, 5) is 2.36. The molecule has 194 valence electrons.